The van der Waals surface area contributed by atoms with E-state index in [0.29, 0.717) is 6.54 Å². The third-order valence-electron chi connectivity index (χ3n) is 2.99. The fourth-order valence-electron chi connectivity index (χ4n) is 1.91. The molecule has 2 rings (SSSR count). The lowest BCUT2D eigenvalue weighted by Crippen LogP contribution is -2.52. The van der Waals surface area contributed by atoms with Crippen molar-refractivity contribution in [2.24, 2.45) is 5.73 Å². The summed E-state index contributed by atoms with van der Waals surface area (Å²) in [5.41, 5.74) is 7.09. The van der Waals surface area contributed by atoms with E-state index in [-0.39, 0.29) is 11.5 Å². The van der Waals surface area contributed by atoms with E-state index < -0.39 is 0 Å². The number of hydrogen-bond acceptors (Lipinski definition) is 3. The van der Waals surface area contributed by atoms with Crippen molar-refractivity contribution in [3.05, 3.63) is 29.8 Å². The summed E-state index contributed by atoms with van der Waals surface area (Å²) in [4.78, 5) is 0. The largest absolute Gasteiger partial charge is 0.491 e. The lowest BCUT2D eigenvalue weighted by molar-refractivity contribution is -0.0550. The molecule has 16 heavy (non-hydrogen) atoms. The van der Waals surface area contributed by atoms with Crippen molar-refractivity contribution in [1.82, 2.24) is 0 Å². The van der Waals surface area contributed by atoms with Crippen LogP contribution >= 0.6 is 0 Å². The summed E-state index contributed by atoms with van der Waals surface area (Å²) in [5.74, 6) is 0.908. The molecule has 0 atom stereocenters. The molecule has 1 heterocycles. The summed E-state index contributed by atoms with van der Waals surface area (Å²) in [6.45, 7) is 6.14. The SMILES string of the molecule is CC(C)Oc1ccc(C2(CN)COC2)cc1. The smallest absolute Gasteiger partial charge is 0.119 e. The normalized spacial score (nSPS) is 18.2. The molecule has 0 unspecified atom stereocenters. The molecule has 0 bridgehead atoms. The number of ether oxygens (including phenoxy) is 2. The lowest BCUT2D eigenvalue weighted by Gasteiger charge is -2.41. The van der Waals surface area contributed by atoms with Crippen molar-refractivity contribution in [3.8, 4) is 5.75 Å². The first-order chi connectivity index (χ1) is 7.66. The molecule has 0 aliphatic carbocycles. The highest BCUT2D eigenvalue weighted by Crippen LogP contribution is 2.32. The van der Waals surface area contributed by atoms with Crippen LogP contribution in [-0.4, -0.2) is 25.9 Å². The van der Waals surface area contributed by atoms with E-state index >= 15 is 0 Å². The highest BCUT2D eigenvalue weighted by molar-refractivity contribution is 5.34. The van der Waals surface area contributed by atoms with Crippen molar-refractivity contribution in [1.29, 1.82) is 0 Å². The van der Waals surface area contributed by atoms with E-state index in [0.717, 1.165) is 19.0 Å². The van der Waals surface area contributed by atoms with Crippen LogP contribution < -0.4 is 10.5 Å². The summed E-state index contributed by atoms with van der Waals surface area (Å²) in [7, 11) is 0. The average Bonchev–Trinajstić information content (AvgIpc) is 2.19. The molecule has 0 aromatic heterocycles. The Morgan fingerprint density at radius 2 is 1.94 bits per heavy atom. The van der Waals surface area contributed by atoms with Crippen LogP contribution in [0.4, 0.5) is 0 Å². The van der Waals surface area contributed by atoms with Crippen molar-refractivity contribution in [2.75, 3.05) is 19.8 Å². The van der Waals surface area contributed by atoms with Gasteiger partial charge in [0.2, 0.25) is 0 Å². The minimum Gasteiger partial charge on any atom is -0.491 e. The maximum atomic E-state index is 5.81. The molecule has 1 aliphatic heterocycles. The highest BCUT2D eigenvalue weighted by atomic mass is 16.5. The Labute approximate surface area is 96.5 Å². The van der Waals surface area contributed by atoms with Crippen LogP contribution in [0, 0.1) is 0 Å². The van der Waals surface area contributed by atoms with E-state index in [1.165, 1.54) is 5.56 Å². The van der Waals surface area contributed by atoms with Crippen LogP contribution in [0.3, 0.4) is 0 Å². The molecule has 1 fully saturated rings. The number of benzene rings is 1. The zero-order chi connectivity index (χ0) is 11.6. The molecule has 0 saturated carbocycles. The van der Waals surface area contributed by atoms with E-state index in [1.807, 2.05) is 26.0 Å². The van der Waals surface area contributed by atoms with Gasteiger partial charge in [-0.05, 0) is 31.5 Å². The minimum absolute atomic E-state index is 0.0381. The molecule has 0 amide bonds. The molecular weight excluding hydrogens is 202 g/mol. The quantitative estimate of drug-likeness (QED) is 0.841. The first-order valence-corrected chi connectivity index (χ1v) is 5.71. The van der Waals surface area contributed by atoms with Crippen molar-refractivity contribution < 1.29 is 9.47 Å². The topological polar surface area (TPSA) is 44.5 Å². The molecular formula is C13H19NO2. The van der Waals surface area contributed by atoms with Crippen molar-refractivity contribution in [3.63, 3.8) is 0 Å². The lowest BCUT2D eigenvalue weighted by atomic mass is 9.79. The Kier molecular flexibility index (Phi) is 3.17. The predicted octanol–water partition coefficient (Wildman–Crippen LogP) is 1.70. The van der Waals surface area contributed by atoms with Crippen LogP contribution in [0.2, 0.25) is 0 Å². The van der Waals surface area contributed by atoms with Crippen LogP contribution in [0.15, 0.2) is 24.3 Å². The van der Waals surface area contributed by atoms with Crippen LogP contribution in [-0.2, 0) is 10.2 Å². The summed E-state index contributed by atoms with van der Waals surface area (Å²) in [6.07, 6.45) is 0.210. The van der Waals surface area contributed by atoms with Crippen LogP contribution in [0.5, 0.6) is 5.75 Å². The van der Waals surface area contributed by atoms with E-state index in [1.54, 1.807) is 0 Å². The highest BCUT2D eigenvalue weighted by Gasteiger charge is 2.38. The van der Waals surface area contributed by atoms with Gasteiger partial charge in [0.1, 0.15) is 5.75 Å². The first-order valence-electron chi connectivity index (χ1n) is 5.71. The van der Waals surface area contributed by atoms with Gasteiger partial charge in [0.25, 0.3) is 0 Å². The second-order valence-electron chi connectivity index (χ2n) is 4.67. The third kappa shape index (κ3) is 2.06. The Balaban J connectivity index is 2.12. The van der Waals surface area contributed by atoms with Gasteiger partial charge >= 0.3 is 0 Å². The Hall–Kier alpha value is -1.06. The van der Waals surface area contributed by atoms with Crippen LogP contribution in [0.1, 0.15) is 19.4 Å². The maximum absolute atomic E-state index is 5.81. The number of nitrogens with two attached hydrogens (primary N) is 1. The summed E-state index contributed by atoms with van der Waals surface area (Å²) < 4.78 is 10.9. The van der Waals surface area contributed by atoms with Gasteiger partial charge < -0.3 is 15.2 Å². The van der Waals surface area contributed by atoms with Gasteiger partial charge in [-0.3, -0.25) is 0 Å². The van der Waals surface area contributed by atoms with Gasteiger partial charge in [-0.25, -0.2) is 0 Å². The Morgan fingerprint density at radius 1 is 1.31 bits per heavy atom. The molecule has 0 radical (unpaired) electrons. The maximum Gasteiger partial charge on any atom is 0.119 e. The second-order valence-corrected chi connectivity index (χ2v) is 4.67. The summed E-state index contributed by atoms with van der Waals surface area (Å²) in [6, 6.07) is 8.19. The van der Waals surface area contributed by atoms with E-state index in [2.05, 4.69) is 12.1 Å². The second kappa shape index (κ2) is 4.44. The number of rotatable bonds is 4. The van der Waals surface area contributed by atoms with Gasteiger partial charge in [-0.1, -0.05) is 12.1 Å². The van der Waals surface area contributed by atoms with Crippen LogP contribution in [0.25, 0.3) is 0 Å². The molecule has 1 aromatic rings. The molecule has 0 spiro atoms. The first kappa shape index (κ1) is 11.4. The van der Waals surface area contributed by atoms with Gasteiger partial charge in [0.05, 0.1) is 24.7 Å². The fraction of sp³-hybridized carbons (Fsp3) is 0.538. The predicted molar refractivity (Wildman–Crippen MR) is 63.8 cm³/mol. The summed E-state index contributed by atoms with van der Waals surface area (Å²) >= 11 is 0. The molecule has 88 valence electrons. The van der Waals surface area contributed by atoms with E-state index in [4.69, 9.17) is 15.2 Å². The molecule has 1 aromatic carbocycles. The molecule has 1 saturated heterocycles. The van der Waals surface area contributed by atoms with Crippen molar-refractivity contribution >= 4 is 0 Å². The Bertz CT molecular complexity index is 336. The summed E-state index contributed by atoms with van der Waals surface area (Å²) in [5, 5.41) is 0. The van der Waals surface area contributed by atoms with Gasteiger partial charge in [-0.2, -0.15) is 0 Å². The number of hydrogen-bond donors (Lipinski definition) is 1. The molecule has 1 aliphatic rings. The molecule has 3 heteroatoms. The zero-order valence-electron chi connectivity index (χ0n) is 9.90. The minimum atomic E-state index is 0.0381. The van der Waals surface area contributed by atoms with E-state index in [9.17, 15) is 0 Å². The Morgan fingerprint density at radius 3 is 2.31 bits per heavy atom. The van der Waals surface area contributed by atoms with Gasteiger partial charge in [-0.15, -0.1) is 0 Å². The monoisotopic (exact) mass is 221 g/mol. The molecule has 2 N–H and O–H groups in total. The standard InChI is InChI=1S/C13H19NO2/c1-10(2)16-12-5-3-11(4-6-12)13(7-14)8-15-9-13/h3-6,10H,7-9,14H2,1-2H3. The zero-order valence-corrected chi connectivity index (χ0v) is 9.90. The third-order valence-corrected chi connectivity index (χ3v) is 2.99. The fourth-order valence-corrected chi connectivity index (χ4v) is 1.91. The molecule has 3 nitrogen and oxygen atoms in total. The van der Waals surface area contributed by atoms with Crippen molar-refractivity contribution in [2.45, 2.75) is 25.4 Å². The van der Waals surface area contributed by atoms with Gasteiger partial charge in [0, 0.05) is 6.54 Å². The van der Waals surface area contributed by atoms with Gasteiger partial charge in [0.15, 0.2) is 0 Å². The average molecular weight is 221 g/mol.